The lowest BCUT2D eigenvalue weighted by atomic mass is 10.0. The van der Waals surface area contributed by atoms with Gasteiger partial charge in [-0.15, -0.1) is 0 Å². The van der Waals surface area contributed by atoms with Gasteiger partial charge in [0.25, 0.3) is 0 Å². The normalized spacial score (nSPS) is 16.8. The van der Waals surface area contributed by atoms with Crippen LogP contribution in [0.5, 0.6) is 5.75 Å². The summed E-state index contributed by atoms with van der Waals surface area (Å²) in [6.07, 6.45) is 3.15. The molecule has 2 atom stereocenters. The lowest BCUT2D eigenvalue weighted by Crippen LogP contribution is -2.43. The summed E-state index contributed by atoms with van der Waals surface area (Å²) in [6.45, 7) is 4.85. The molecule has 0 bridgehead atoms. The van der Waals surface area contributed by atoms with E-state index in [4.69, 9.17) is 9.47 Å². The number of nitrogens with one attached hydrogen (secondary N) is 1. The van der Waals surface area contributed by atoms with E-state index in [0.29, 0.717) is 13.2 Å². The molecule has 3 rings (SSSR count). The summed E-state index contributed by atoms with van der Waals surface area (Å²) in [4.78, 5) is 15.1. The molecular formula is C24H32N2O3. The van der Waals surface area contributed by atoms with Crippen LogP contribution in [-0.2, 0) is 16.1 Å². The largest absolute Gasteiger partial charge is 0.496 e. The highest BCUT2D eigenvalue weighted by Crippen LogP contribution is 2.30. The van der Waals surface area contributed by atoms with E-state index in [2.05, 4.69) is 16.3 Å². The van der Waals surface area contributed by atoms with Gasteiger partial charge in [-0.2, -0.15) is 0 Å². The fourth-order valence-corrected chi connectivity index (χ4v) is 3.82. The third-order valence-corrected chi connectivity index (χ3v) is 5.51. The number of carbonyl (C=O) groups excluding carboxylic acids is 1. The van der Waals surface area contributed by atoms with Gasteiger partial charge in [-0.1, -0.05) is 55.0 Å². The van der Waals surface area contributed by atoms with E-state index in [1.54, 1.807) is 14.0 Å². The minimum Gasteiger partial charge on any atom is -0.496 e. The summed E-state index contributed by atoms with van der Waals surface area (Å²) < 4.78 is 11.4. The summed E-state index contributed by atoms with van der Waals surface area (Å²) >= 11 is 0. The van der Waals surface area contributed by atoms with E-state index >= 15 is 0 Å². The van der Waals surface area contributed by atoms with Gasteiger partial charge in [0.2, 0.25) is 5.91 Å². The fraction of sp³-hybridized carbons (Fsp3) is 0.458. The maximum Gasteiger partial charge on any atom is 0.248 e. The summed E-state index contributed by atoms with van der Waals surface area (Å²) in [6, 6.07) is 18.1. The second kappa shape index (κ2) is 11.0. The Labute approximate surface area is 174 Å². The molecule has 1 amide bonds. The molecule has 2 aromatic rings. The van der Waals surface area contributed by atoms with Crippen LogP contribution >= 0.6 is 0 Å². The van der Waals surface area contributed by atoms with Crippen LogP contribution in [0.3, 0.4) is 0 Å². The molecule has 0 radical (unpaired) electrons. The molecule has 2 unspecified atom stereocenters. The summed E-state index contributed by atoms with van der Waals surface area (Å²) in [7, 11) is 1.70. The Morgan fingerprint density at radius 3 is 2.45 bits per heavy atom. The Morgan fingerprint density at radius 1 is 1.03 bits per heavy atom. The molecule has 1 aliphatic heterocycles. The standard InChI is InChI=1S/C24H32N2O3/c1-19(29-18-20-11-5-3-6-12-20)24(27)25-17-22(26-15-9-4-10-16-26)21-13-7-8-14-23(21)28-2/h3,5-8,11-14,19,22H,4,9-10,15-18H2,1-2H3,(H,25,27). The van der Waals surface area contributed by atoms with Crippen molar-refractivity contribution in [2.24, 2.45) is 0 Å². The van der Waals surface area contributed by atoms with Crippen LogP contribution in [0.2, 0.25) is 0 Å². The summed E-state index contributed by atoms with van der Waals surface area (Å²) in [5.74, 6) is 0.781. The highest BCUT2D eigenvalue weighted by atomic mass is 16.5. The molecule has 2 aromatic carbocycles. The molecule has 1 N–H and O–H groups in total. The van der Waals surface area contributed by atoms with Gasteiger partial charge in [0.1, 0.15) is 11.9 Å². The van der Waals surface area contributed by atoms with Gasteiger partial charge in [-0.3, -0.25) is 9.69 Å². The van der Waals surface area contributed by atoms with Gasteiger partial charge in [-0.25, -0.2) is 0 Å². The van der Waals surface area contributed by atoms with E-state index in [0.717, 1.165) is 30.0 Å². The third kappa shape index (κ3) is 6.05. The number of ether oxygens (including phenoxy) is 2. The summed E-state index contributed by atoms with van der Waals surface area (Å²) in [5, 5.41) is 3.10. The van der Waals surface area contributed by atoms with Crippen LogP contribution in [0, 0.1) is 0 Å². The first-order valence-corrected chi connectivity index (χ1v) is 10.5. The molecule has 0 aromatic heterocycles. The average molecular weight is 397 g/mol. The molecule has 0 saturated carbocycles. The highest BCUT2D eigenvalue weighted by molar-refractivity contribution is 5.80. The van der Waals surface area contributed by atoms with Crippen molar-refractivity contribution in [1.82, 2.24) is 10.2 Å². The Balaban J connectivity index is 1.62. The van der Waals surface area contributed by atoms with E-state index in [-0.39, 0.29) is 11.9 Å². The van der Waals surface area contributed by atoms with Crippen LogP contribution in [0.25, 0.3) is 0 Å². The maximum absolute atomic E-state index is 12.7. The maximum atomic E-state index is 12.7. The lowest BCUT2D eigenvalue weighted by Gasteiger charge is -2.35. The predicted octanol–water partition coefficient (Wildman–Crippen LogP) is 3.94. The van der Waals surface area contributed by atoms with Crippen LogP contribution in [0.4, 0.5) is 0 Å². The number of benzene rings is 2. The molecule has 29 heavy (non-hydrogen) atoms. The van der Waals surface area contributed by atoms with Gasteiger partial charge in [0, 0.05) is 12.1 Å². The van der Waals surface area contributed by atoms with Crippen molar-refractivity contribution in [3.05, 3.63) is 65.7 Å². The lowest BCUT2D eigenvalue weighted by molar-refractivity contribution is -0.132. The van der Waals surface area contributed by atoms with Crippen molar-refractivity contribution in [3.8, 4) is 5.75 Å². The number of hydrogen-bond acceptors (Lipinski definition) is 4. The summed E-state index contributed by atoms with van der Waals surface area (Å²) in [5.41, 5.74) is 2.18. The van der Waals surface area contributed by atoms with Crippen molar-refractivity contribution >= 4 is 5.91 Å². The van der Waals surface area contributed by atoms with Crippen molar-refractivity contribution in [2.45, 2.75) is 44.9 Å². The molecule has 1 aliphatic rings. The second-order valence-electron chi connectivity index (χ2n) is 7.54. The Morgan fingerprint density at radius 2 is 1.72 bits per heavy atom. The fourth-order valence-electron chi connectivity index (χ4n) is 3.82. The van der Waals surface area contributed by atoms with Crippen molar-refractivity contribution in [1.29, 1.82) is 0 Å². The van der Waals surface area contributed by atoms with E-state index in [1.807, 2.05) is 48.5 Å². The topological polar surface area (TPSA) is 50.8 Å². The Kier molecular flexibility index (Phi) is 8.08. The zero-order valence-electron chi connectivity index (χ0n) is 17.5. The van der Waals surface area contributed by atoms with Crippen LogP contribution in [-0.4, -0.2) is 43.7 Å². The first-order chi connectivity index (χ1) is 14.2. The van der Waals surface area contributed by atoms with E-state index < -0.39 is 6.10 Å². The highest BCUT2D eigenvalue weighted by Gasteiger charge is 2.26. The number of nitrogens with zero attached hydrogens (tertiary/aromatic N) is 1. The first-order valence-electron chi connectivity index (χ1n) is 10.5. The number of likely N-dealkylation sites (tertiary alicyclic amines) is 1. The number of para-hydroxylation sites is 1. The quantitative estimate of drug-likeness (QED) is 0.697. The molecule has 0 spiro atoms. The number of methoxy groups -OCH3 is 1. The second-order valence-corrected chi connectivity index (χ2v) is 7.54. The number of piperidine rings is 1. The van der Waals surface area contributed by atoms with Crippen LogP contribution < -0.4 is 10.1 Å². The van der Waals surface area contributed by atoms with Crippen LogP contribution in [0.15, 0.2) is 54.6 Å². The molecule has 1 saturated heterocycles. The molecule has 5 nitrogen and oxygen atoms in total. The number of amides is 1. The SMILES string of the molecule is COc1ccccc1C(CNC(=O)C(C)OCc1ccccc1)N1CCCCC1. The number of hydrogen-bond donors (Lipinski definition) is 1. The van der Waals surface area contributed by atoms with E-state index in [9.17, 15) is 4.79 Å². The molecule has 0 aliphatic carbocycles. The zero-order valence-corrected chi connectivity index (χ0v) is 17.5. The van der Waals surface area contributed by atoms with Crippen LogP contribution in [0.1, 0.15) is 43.4 Å². The van der Waals surface area contributed by atoms with Crippen molar-refractivity contribution in [2.75, 3.05) is 26.7 Å². The monoisotopic (exact) mass is 396 g/mol. The predicted molar refractivity (Wildman–Crippen MR) is 115 cm³/mol. The van der Waals surface area contributed by atoms with Crippen molar-refractivity contribution < 1.29 is 14.3 Å². The Hall–Kier alpha value is -2.37. The Bertz CT molecular complexity index is 760. The molecule has 1 heterocycles. The molecular weight excluding hydrogens is 364 g/mol. The van der Waals surface area contributed by atoms with Crippen molar-refractivity contribution in [3.63, 3.8) is 0 Å². The molecule has 156 valence electrons. The number of carbonyl (C=O) groups is 1. The van der Waals surface area contributed by atoms with Gasteiger partial charge in [0.05, 0.1) is 19.8 Å². The number of rotatable bonds is 9. The minimum absolute atomic E-state index is 0.0853. The first kappa shape index (κ1) is 21.3. The van der Waals surface area contributed by atoms with Gasteiger partial charge in [-0.05, 0) is 44.5 Å². The molecule has 1 fully saturated rings. The van der Waals surface area contributed by atoms with Gasteiger partial charge in [0.15, 0.2) is 0 Å². The zero-order chi connectivity index (χ0) is 20.5. The smallest absolute Gasteiger partial charge is 0.248 e. The minimum atomic E-state index is -0.505. The molecule has 5 heteroatoms. The third-order valence-electron chi connectivity index (χ3n) is 5.51. The van der Waals surface area contributed by atoms with Gasteiger partial charge >= 0.3 is 0 Å². The van der Waals surface area contributed by atoms with Gasteiger partial charge < -0.3 is 14.8 Å². The van der Waals surface area contributed by atoms with E-state index in [1.165, 1.54) is 19.3 Å². The average Bonchev–Trinajstić information content (AvgIpc) is 2.79.